The summed E-state index contributed by atoms with van der Waals surface area (Å²) in [5, 5.41) is 0. The van der Waals surface area contributed by atoms with Crippen LogP contribution in [0.4, 0.5) is 5.69 Å². The van der Waals surface area contributed by atoms with E-state index in [1.807, 2.05) is 12.3 Å². The molecule has 1 heterocycles. The SMILES string of the molecule is CN(CC1CC(N)C1)c1cccnc1. The van der Waals surface area contributed by atoms with Gasteiger partial charge >= 0.3 is 0 Å². The average molecular weight is 191 g/mol. The maximum absolute atomic E-state index is 5.75. The van der Waals surface area contributed by atoms with E-state index in [1.54, 1.807) is 6.20 Å². The maximum Gasteiger partial charge on any atom is 0.0550 e. The zero-order chi connectivity index (χ0) is 9.97. The van der Waals surface area contributed by atoms with Crippen molar-refractivity contribution in [2.75, 3.05) is 18.5 Å². The molecule has 0 radical (unpaired) electrons. The monoisotopic (exact) mass is 191 g/mol. The fourth-order valence-corrected chi connectivity index (χ4v) is 2.01. The Balaban J connectivity index is 1.87. The Morgan fingerprint density at radius 2 is 2.36 bits per heavy atom. The molecule has 1 aliphatic rings. The Morgan fingerprint density at radius 3 is 2.93 bits per heavy atom. The van der Waals surface area contributed by atoms with E-state index in [1.165, 1.54) is 18.5 Å². The molecule has 3 nitrogen and oxygen atoms in total. The minimum Gasteiger partial charge on any atom is -0.373 e. The molecule has 0 aromatic carbocycles. The highest BCUT2D eigenvalue weighted by Crippen LogP contribution is 2.27. The van der Waals surface area contributed by atoms with Crippen molar-refractivity contribution in [1.29, 1.82) is 0 Å². The number of aromatic nitrogens is 1. The van der Waals surface area contributed by atoms with Crippen LogP contribution in [0.2, 0.25) is 0 Å². The van der Waals surface area contributed by atoms with Gasteiger partial charge in [0.15, 0.2) is 0 Å². The van der Waals surface area contributed by atoms with Crippen molar-refractivity contribution in [1.82, 2.24) is 4.98 Å². The number of hydrogen-bond acceptors (Lipinski definition) is 3. The maximum atomic E-state index is 5.75. The van der Waals surface area contributed by atoms with Crippen molar-refractivity contribution < 1.29 is 0 Å². The van der Waals surface area contributed by atoms with E-state index in [2.05, 4.69) is 23.0 Å². The van der Waals surface area contributed by atoms with Gasteiger partial charge in [0.25, 0.3) is 0 Å². The van der Waals surface area contributed by atoms with E-state index in [9.17, 15) is 0 Å². The minimum atomic E-state index is 0.447. The van der Waals surface area contributed by atoms with Crippen molar-refractivity contribution in [3.63, 3.8) is 0 Å². The van der Waals surface area contributed by atoms with Crippen LogP contribution in [0.15, 0.2) is 24.5 Å². The first kappa shape index (κ1) is 9.46. The summed E-state index contributed by atoms with van der Waals surface area (Å²) >= 11 is 0. The molecule has 1 fully saturated rings. The lowest BCUT2D eigenvalue weighted by atomic mass is 9.80. The van der Waals surface area contributed by atoms with Gasteiger partial charge in [0, 0.05) is 25.8 Å². The van der Waals surface area contributed by atoms with Crippen molar-refractivity contribution in [3.05, 3.63) is 24.5 Å². The molecule has 0 bridgehead atoms. The molecule has 2 rings (SSSR count). The van der Waals surface area contributed by atoms with Gasteiger partial charge in [0.2, 0.25) is 0 Å². The second kappa shape index (κ2) is 3.96. The third-order valence-corrected chi connectivity index (χ3v) is 2.89. The molecular formula is C11H17N3. The van der Waals surface area contributed by atoms with Crippen LogP contribution in [0.5, 0.6) is 0 Å². The number of pyridine rings is 1. The lowest BCUT2D eigenvalue weighted by Gasteiger charge is -2.35. The normalized spacial score (nSPS) is 25.6. The molecule has 0 atom stereocenters. The first-order chi connectivity index (χ1) is 6.75. The summed E-state index contributed by atoms with van der Waals surface area (Å²) in [5.74, 6) is 0.773. The number of nitrogens with two attached hydrogens (primary N) is 1. The Labute approximate surface area is 84.9 Å². The molecular weight excluding hydrogens is 174 g/mol. The average Bonchev–Trinajstić information content (AvgIpc) is 2.17. The molecule has 14 heavy (non-hydrogen) atoms. The first-order valence-corrected chi connectivity index (χ1v) is 5.12. The lowest BCUT2D eigenvalue weighted by Crippen LogP contribution is -2.41. The molecule has 0 aliphatic heterocycles. The van der Waals surface area contributed by atoms with E-state index in [0.29, 0.717) is 6.04 Å². The van der Waals surface area contributed by atoms with E-state index in [4.69, 9.17) is 5.73 Å². The molecule has 0 unspecified atom stereocenters. The highest BCUT2D eigenvalue weighted by molar-refractivity contribution is 5.42. The third-order valence-electron chi connectivity index (χ3n) is 2.89. The fraction of sp³-hybridized carbons (Fsp3) is 0.545. The van der Waals surface area contributed by atoms with Crippen molar-refractivity contribution in [2.45, 2.75) is 18.9 Å². The Kier molecular flexibility index (Phi) is 2.68. The van der Waals surface area contributed by atoms with Gasteiger partial charge in [-0.3, -0.25) is 4.98 Å². The van der Waals surface area contributed by atoms with Gasteiger partial charge in [-0.25, -0.2) is 0 Å². The van der Waals surface area contributed by atoms with Crippen molar-refractivity contribution in [2.24, 2.45) is 11.7 Å². The van der Waals surface area contributed by atoms with Gasteiger partial charge in [-0.15, -0.1) is 0 Å². The summed E-state index contributed by atoms with van der Waals surface area (Å²) in [6.45, 7) is 1.10. The molecule has 0 amide bonds. The Hall–Kier alpha value is -1.09. The van der Waals surface area contributed by atoms with Crippen LogP contribution < -0.4 is 10.6 Å². The van der Waals surface area contributed by atoms with Gasteiger partial charge in [-0.2, -0.15) is 0 Å². The fourth-order valence-electron chi connectivity index (χ4n) is 2.01. The van der Waals surface area contributed by atoms with E-state index in [-0.39, 0.29) is 0 Å². The standard InChI is InChI=1S/C11H17N3/c1-14(8-9-5-10(12)6-9)11-3-2-4-13-7-11/h2-4,7,9-10H,5-6,8,12H2,1H3. The Bertz CT molecular complexity index is 280. The molecule has 76 valence electrons. The predicted molar refractivity (Wildman–Crippen MR) is 58.2 cm³/mol. The summed E-state index contributed by atoms with van der Waals surface area (Å²) in [5.41, 5.74) is 6.94. The van der Waals surface area contributed by atoms with Crippen LogP contribution in [0.25, 0.3) is 0 Å². The smallest absolute Gasteiger partial charge is 0.0550 e. The van der Waals surface area contributed by atoms with Crippen LogP contribution in [-0.4, -0.2) is 24.6 Å². The zero-order valence-corrected chi connectivity index (χ0v) is 8.56. The molecule has 1 aromatic rings. The van der Waals surface area contributed by atoms with Crippen LogP contribution in [0, 0.1) is 5.92 Å². The third kappa shape index (κ3) is 2.04. The molecule has 1 aromatic heterocycles. The van der Waals surface area contributed by atoms with Gasteiger partial charge in [-0.1, -0.05) is 0 Å². The van der Waals surface area contributed by atoms with E-state index < -0.39 is 0 Å². The minimum absolute atomic E-state index is 0.447. The van der Waals surface area contributed by atoms with Gasteiger partial charge in [-0.05, 0) is 30.9 Å². The summed E-state index contributed by atoms with van der Waals surface area (Å²) in [6, 6.07) is 4.51. The summed E-state index contributed by atoms with van der Waals surface area (Å²) in [7, 11) is 2.11. The molecule has 0 saturated heterocycles. The molecule has 1 aliphatic carbocycles. The van der Waals surface area contributed by atoms with E-state index in [0.717, 1.165) is 12.5 Å². The second-order valence-corrected chi connectivity index (χ2v) is 4.19. The van der Waals surface area contributed by atoms with Crippen molar-refractivity contribution in [3.8, 4) is 0 Å². The van der Waals surface area contributed by atoms with Gasteiger partial charge in [0.05, 0.1) is 11.9 Å². The Morgan fingerprint density at radius 1 is 1.57 bits per heavy atom. The van der Waals surface area contributed by atoms with Crippen LogP contribution in [-0.2, 0) is 0 Å². The topological polar surface area (TPSA) is 42.1 Å². The van der Waals surface area contributed by atoms with Gasteiger partial charge in [0.1, 0.15) is 0 Å². The molecule has 3 heteroatoms. The molecule has 1 saturated carbocycles. The van der Waals surface area contributed by atoms with Crippen LogP contribution in [0.3, 0.4) is 0 Å². The summed E-state index contributed by atoms with van der Waals surface area (Å²) in [4.78, 5) is 6.36. The van der Waals surface area contributed by atoms with E-state index >= 15 is 0 Å². The number of hydrogen-bond donors (Lipinski definition) is 1. The predicted octanol–water partition coefficient (Wildman–Crippen LogP) is 1.26. The largest absolute Gasteiger partial charge is 0.373 e. The number of rotatable bonds is 3. The van der Waals surface area contributed by atoms with Gasteiger partial charge < -0.3 is 10.6 Å². The summed E-state index contributed by atoms with van der Waals surface area (Å²) in [6.07, 6.45) is 6.05. The van der Waals surface area contributed by atoms with Crippen molar-refractivity contribution >= 4 is 5.69 Å². The first-order valence-electron chi connectivity index (χ1n) is 5.12. The highest BCUT2D eigenvalue weighted by atomic mass is 15.1. The summed E-state index contributed by atoms with van der Waals surface area (Å²) < 4.78 is 0. The molecule has 0 spiro atoms. The number of anilines is 1. The number of nitrogens with zero attached hydrogens (tertiary/aromatic N) is 2. The van der Waals surface area contributed by atoms with Crippen LogP contribution in [0.1, 0.15) is 12.8 Å². The quantitative estimate of drug-likeness (QED) is 0.782. The van der Waals surface area contributed by atoms with Crippen LogP contribution >= 0.6 is 0 Å². The highest BCUT2D eigenvalue weighted by Gasteiger charge is 2.26. The zero-order valence-electron chi connectivity index (χ0n) is 8.56. The lowest BCUT2D eigenvalue weighted by molar-refractivity contribution is 0.271. The molecule has 2 N–H and O–H groups in total. The second-order valence-electron chi connectivity index (χ2n) is 4.19.